The highest BCUT2D eigenvalue weighted by Crippen LogP contribution is 2.15. The summed E-state index contributed by atoms with van der Waals surface area (Å²) in [7, 11) is 0. The molecule has 0 bridgehead atoms. The van der Waals surface area contributed by atoms with Crippen LogP contribution in [0.2, 0.25) is 0 Å². The van der Waals surface area contributed by atoms with Crippen LogP contribution in [-0.2, 0) is 0 Å². The topological polar surface area (TPSA) is 24.7 Å². The second-order valence-corrected chi connectivity index (χ2v) is 1.99. The lowest BCUT2D eigenvalue weighted by atomic mass is 10.3. The maximum Gasteiger partial charge on any atom is 0.254 e. The zero-order chi connectivity index (χ0) is 7.45. The number of rotatable bonds is 2. The number of halogens is 1. The number of alkyl halides is 1. The fourth-order valence-electron chi connectivity index (χ4n) is 0.674. The van der Waals surface area contributed by atoms with Crippen molar-refractivity contribution in [1.82, 2.24) is 0 Å². The van der Waals surface area contributed by atoms with E-state index in [1.165, 1.54) is 18.5 Å². The first-order valence-corrected chi connectivity index (χ1v) is 3.20. The first-order chi connectivity index (χ1) is 4.77. The summed E-state index contributed by atoms with van der Waals surface area (Å²) in [4.78, 5) is 7.31. The molecular formula is C7H9FN2. The van der Waals surface area contributed by atoms with Gasteiger partial charge in [-0.2, -0.15) is 0 Å². The third kappa shape index (κ3) is 1.50. The summed E-state index contributed by atoms with van der Waals surface area (Å²) in [5.74, 6) is -1.66. The van der Waals surface area contributed by atoms with Crippen LogP contribution in [0.1, 0.15) is 6.92 Å². The van der Waals surface area contributed by atoms with Gasteiger partial charge in [0.2, 0.25) is 0 Å². The van der Waals surface area contributed by atoms with Crippen LogP contribution in [0.15, 0.2) is 22.1 Å². The summed E-state index contributed by atoms with van der Waals surface area (Å²) >= 11 is 0. The lowest BCUT2D eigenvalue weighted by Gasteiger charge is -2.04. The van der Waals surface area contributed by atoms with E-state index in [2.05, 4.69) is 9.98 Å². The van der Waals surface area contributed by atoms with Crippen LogP contribution in [0.25, 0.3) is 0 Å². The molecule has 3 heteroatoms. The van der Waals surface area contributed by atoms with Crippen molar-refractivity contribution in [3.05, 3.63) is 12.2 Å². The van der Waals surface area contributed by atoms with Crippen LogP contribution in [0.3, 0.4) is 0 Å². The molecule has 0 N–H and O–H groups in total. The van der Waals surface area contributed by atoms with Crippen LogP contribution in [-0.4, -0.2) is 24.8 Å². The highest BCUT2D eigenvalue weighted by Gasteiger charge is 2.23. The van der Waals surface area contributed by atoms with E-state index < -0.39 is 5.79 Å². The predicted octanol–water partition coefficient (Wildman–Crippen LogP) is 1.38. The van der Waals surface area contributed by atoms with Gasteiger partial charge < -0.3 is 0 Å². The van der Waals surface area contributed by atoms with E-state index in [4.69, 9.17) is 0 Å². The van der Waals surface area contributed by atoms with Crippen molar-refractivity contribution in [2.75, 3.05) is 6.54 Å². The predicted molar refractivity (Wildman–Crippen MR) is 40.5 cm³/mol. The Morgan fingerprint density at radius 2 is 2.60 bits per heavy atom. The van der Waals surface area contributed by atoms with Gasteiger partial charge in [0.15, 0.2) is 0 Å². The standard InChI is InChI=1S/C7H9FN2/c1-2-9-6-7(8)4-3-5-10-7/h3-6H,2H2,1H3. The number of nitrogens with zero attached hydrogens (tertiary/aromatic N) is 2. The monoisotopic (exact) mass is 140 g/mol. The Balaban J connectivity index is 2.61. The van der Waals surface area contributed by atoms with Gasteiger partial charge in [-0.05, 0) is 19.1 Å². The van der Waals surface area contributed by atoms with Gasteiger partial charge in [-0.1, -0.05) is 0 Å². The SMILES string of the molecule is CCN=CC1(F)C=CC=N1. The third-order valence-corrected chi connectivity index (χ3v) is 1.14. The molecular weight excluding hydrogens is 131 g/mol. The van der Waals surface area contributed by atoms with Crippen LogP contribution in [0.4, 0.5) is 4.39 Å². The molecule has 0 spiro atoms. The normalized spacial score (nSPS) is 30.6. The van der Waals surface area contributed by atoms with Gasteiger partial charge in [0.1, 0.15) is 0 Å². The molecule has 0 aromatic rings. The molecule has 0 fully saturated rings. The second-order valence-electron chi connectivity index (χ2n) is 1.99. The Hall–Kier alpha value is -0.990. The lowest BCUT2D eigenvalue weighted by Crippen LogP contribution is -2.15. The van der Waals surface area contributed by atoms with E-state index in [1.807, 2.05) is 6.92 Å². The van der Waals surface area contributed by atoms with Crippen molar-refractivity contribution < 1.29 is 4.39 Å². The maximum absolute atomic E-state index is 13.1. The minimum atomic E-state index is -1.66. The fraction of sp³-hybridized carbons (Fsp3) is 0.429. The van der Waals surface area contributed by atoms with Crippen molar-refractivity contribution in [2.45, 2.75) is 12.7 Å². The zero-order valence-electron chi connectivity index (χ0n) is 5.79. The van der Waals surface area contributed by atoms with Crippen molar-refractivity contribution in [3.8, 4) is 0 Å². The van der Waals surface area contributed by atoms with Gasteiger partial charge >= 0.3 is 0 Å². The van der Waals surface area contributed by atoms with Crippen molar-refractivity contribution in [2.24, 2.45) is 9.98 Å². The largest absolute Gasteiger partial charge is 0.292 e. The van der Waals surface area contributed by atoms with Gasteiger partial charge in [0, 0.05) is 12.8 Å². The molecule has 2 nitrogen and oxygen atoms in total. The molecule has 1 aliphatic rings. The summed E-state index contributed by atoms with van der Waals surface area (Å²) < 4.78 is 13.1. The molecule has 0 saturated carbocycles. The highest BCUT2D eigenvalue weighted by molar-refractivity contribution is 5.84. The molecule has 0 aromatic heterocycles. The second kappa shape index (κ2) is 2.73. The first-order valence-electron chi connectivity index (χ1n) is 3.20. The molecule has 1 atom stereocenters. The van der Waals surface area contributed by atoms with Gasteiger partial charge in [0.25, 0.3) is 5.79 Å². The molecule has 1 heterocycles. The molecule has 0 aliphatic carbocycles. The molecule has 10 heavy (non-hydrogen) atoms. The smallest absolute Gasteiger partial charge is 0.254 e. The molecule has 1 aliphatic heterocycles. The Morgan fingerprint density at radius 1 is 1.80 bits per heavy atom. The Morgan fingerprint density at radius 3 is 3.10 bits per heavy atom. The first kappa shape index (κ1) is 7.12. The molecule has 0 aromatic carbocycles. The van der Waals surface area contributed by atoms with E-state index in [9.17, 15) is 4.39 Å². The summed E-state index contributed by atoms with van der Waals surface area (Å²) in [6.45, 7) is 2.44. The van der Waals surface area contributed by atoms with E-state index in [-0.39, 0.29) is 0 Å². The van der Waals surface area contributed by atoms with Gasteiger partial charge in [-0.3, -0.25) is 4.99 Å². The Bertz CT molecular complexity index is 182. The average Bonchev–Trinajstić information content (AvgIpc) is 2.33. The molecule has 1 rings (SSSR count). The highest BCUT2D eigenvalue weighted by atomic mass is 19.1. The number of allylic oxidation sites excluding steroid dienone is 1. The molecule has 0 saturated heterocycles. The maximum atomic E-state index is 13.1. The van der Waals surface area contributed by atoms with E-state index >= 15 is 0 Å². The van der Waals surface area contributed by atoms with Crippen LogP contribution < -0.4 is 0 Å². The van der Waals surface area contributed by atoms with E-state index in [1.54, 1.807) is 6.08 Å². The molecule has 54 valence electrons. The average molecular weight is 140 g/mol. The summed E-state index contributed by atoms with van der Waals surface area (Å²) in [6, 6.07) is 0. The number of hydrogen-bond acceptors (Lipinski definition) is 2. The van der Waals surface area contributed by atoms with Crippen LogP contribution >= 0.6 is 0 Å². The lowest BCUT2D eigenvalue weighted by molar-refractivity contribution is 0.351. The van der Waals surface area contributed by atoms with Crippen molar-refractivity contribution in [1.29, 1.82) is 0 Å². The summed E-state index contributed by atoms with van der Waals surface area (Å²) in [5.41, 5.74) is 0. The Kier molecular flexibility index (Phi) is 1.94. The fourth-order valence-corrected chi connectivity index (χ4v) is 0.674. The van der Waals surface area contributed by atoms with E-state index in [0.717, 1.165) is 0 Å². The molecule has 0 radical (unpaired) electrons. The molecule has 1 unspecified atom stereocenters. The molecule has 0 amide bonds. The Labute approximate surface area is 59.2 Å². The van der Waals surface area contributed by atoms with Crippen molar-refractivity contribution in [3.63, 3.8) is 0 Å². The minimum Gasteiger partial charge on any atom is -0.292 e. The van der Waals surface area contributed by atoms with Crippen molar-refractivity contribution >= 4 is 12.4 Å². The van der Waals surface area contributed by atoms with E-state index in [0.29, 0.717) is 6.54 Å². The number of aliphatic imine (C=N–C) groups is 2. The van der Waals surface area contributed by atoms with Gasteiger partial charge in [-0.15, -0.1) is 0 Å². The van der Waals surface area contributed by atoms with Crippen LogP contribution in [0.5, 0.6) is 0 Å². The van der Waals surface area contributed by atoms with Crippen LogP contribution in [0, 0.1) is 0 Å². The van der Waals surface area contributed by atoms with Gasteiger partial charge in [0.05, 0.1) is 6.21 Å². The zero-order valence-corrected chi connectivity index (χ0v) is 5.79. The third-order valence-electron chi connectivity index (χ3n) is 1.14. The van der Waals surface area contributed by atoms with Gasteiger partial charge in [-0.25, -0.2) is 9.38 Å². The summed E-state index contributed by atoms with van der Waals surface area (Å²) in [5, 5.41) is 0. The number of hydrogen-bond donors (Lipinski definition) is 0. The summed E-state index contributed by atoms with van der Waals surface area (Å²) in [6.07, 6.45) is 5.59. The quantitative estimate of drug-likeness (QED) is 0.409. The minimum absolute atomic E-state index is 0.592.